The lowest BCUT2D eigenvalue weighted by atomic mass is 9.83. The van der Waals surface area contributed by atoms with Gasteiger partial charge in [-0.25, -0.2) is 0 Å². The lowest BCUT2D eigenvalue weighted by Crippen LogP contribution is -2.44. The van der Waals surface area contributed by atoms with Crippen molar-refractivity contribution >= 4 is 39.6 Å². The standard InChI is InChI=1S/C42H37N5O4/c1-28(12-7-8-23-45-26-36(43-44-45)34(27-48)30-14-3-2-4-15-30)42(51)35-20-5-6-21-37(35)46(41(42)50)25-29-13-9-18-32(24-29)47-38-22-11-17-31-16-10-19-33(39(31)38)40(47)49/h2-7,9-22,24,26,28,34,48,51H,8,23,25,27H2,1H3/b12-7+/t28-,34?,42+/m1/s1. The van der Waals surface area contributed by atoms with Crippen LogP contribution in [0.1, 0.15) is 52.0 Å². The number of aliphatic hydroxyl groups is 2. The number of benzene rings is 5. The summed E-state index contributed by atoms with van der Waals surface area (Å²) < 4.78 is 1.74. The van der Waals surface area contributed by atoms with Gasteiger partial charge in [-0.3, -0.25) is 19.2 Å². The van der Waals surface area contributed by atoms with Crippen molar-refractivity contribution in [3.05, 3.63) is 162 Å². The maximum Gasteiger partial charge on any atom is 0.264 e. The van der Waals surface area contributed by atoms with Crippen LogP contribution in [0, 0.1) is 5.92 Å². The molecule has 9 nitrogen and oxygen atoms in total. The third kappa shape index (κ3) is 5.51. The van der Waals surface area contributed by atoms with Crippen molar-refractivity contribution in [2.45, 2.75) is 38.0 Å². The Kier molecular flexibility index (Phi) is 8.30. The fraction of sp³-hybridized carbons (Fsp3) is 0.190. The molecule has 0 bridgehead atoms. The van der Waals surface area contributed by atoms with Gasteiger partial charge in [-0.2, -0.15) is 0 Å². The lowest BCUT2D eigenvalue weighted by Gasteiger charge is -2.28. The Morgan fingerprint density at radius 1 is 0.863 bits per heavy atom. The molecule has 0 saturated heterocycles. The average Bonchev–Trinajstić information content (AvgIpc) is 3.81. The number of carbonyl (C=O) groups excluding carboxylic acids is 2. The topological polar surface area (TPSA) is 112 Å². The van der Waals surface area contributed by atoms with Crippen molar-refractivity contribution in [2.75, 3.05) is 16.4 Å². The second-order valence-corrected chi connectivity index (χ2v) is 13.2. The number of allylic oxidation sites excluding steroid dienone is 1. The number of fused-ring (bicyclic) bond motifs is 1. The highest BCUT2D eigenvalue weighted by molar-refractivity contribution is 6.27. The minimum Gasteiger partial charge on any atom is -0.395 e. The third-order valence-corrected chi connectivity index (χ3v) is 10.1. The molecule has 51 heavy (non-hydrogen) atoms. The van der Waals surface area contributed by atoms with Gasteiger partial charge in [-0.1, -0.05) is 109 Å². The summed E-state index contributed by atoms with van der Waals surface area (Å²) in [5, 5.41) is 32.7. The first-order valence-corrected chi connectivity index (χ1v) is 17.2. The number of aryl methyl sites for hydroxylation is 1. The fourth-order valence-electron chi connectivity index (χ4n) is 7.49. The molecule has 0 spiro atoms. The van der Waals surface area contributed by atoms with Crippen LogP contribution in [0.4, 0.5) is 17.1 Å². The molecule has 6 aromatic rings. The molecule has 1 aromatic heterocycles. The van der Waals surface area contributed by atoms with Gasteiger partial charge in [-0.15, -0.1) is 5.10 Å². The van der Waals surface area contributed by atoms with Gasteiger partial charge >= 0.3 is 0 Å². The summed E-state index contributed by atoms with van der Waals surface area (Å²) in [4.78, 5) is 31.2. The van der Waals surface area contributed by atoms with E-state index in [1.165, 1.54) is 0 Å². The van der Waals surface area contributed by atoms with Crippen LogP contribution in [0.3, 0.4) is 0 Å². The Labute approximate surface area is 295 Å². The molecule has 1 unspecified atom stereocenters. The van der Waals surface area contributed by atoms with E-state index in [0.29, 0.717) is 35.5 Å². The first kappa shape index (κ1) is 32.3. The molecule has 0 saturated carbocycles. The minimum atomic E-state index is -1.75. The molecule has 0 aliphatic carbocycles. The average molecular weight is 676 g/mol. The first-order valence-electron chi connectivity index (χ1n) is 17.2. The number of nitrogens with zero attached hydrogens (tertiary/aromatic N) is 5. The van der Waals surface area contributed by atoms with Crippen LogP contribution in [0.25, 0.3) is 10.8 Å². The molecule has 2 aliphatic rings. The predicted octanol–water partition coefficient (Wildman–Crippen LogP) is 6.86. The highest BCUT2D eigenvalue weighted by Crippen LogP contribution is 2.46. The highest BCUT2D eigenvalue weighted by Gasteiger charge is 2.52. The number of hydrogen-bond donors (Lipinski definition) is 2. The van der Waals surface area contributed by atoms with E-state index in [1.54, 1.807) is 14.5 Å². The van der Waals surface area contributed by atoms with E-state index in [9.17, 15) is 19.8 Å². The second kappa shape index (κ2) is 13.1. The number of anilines is 3. The molecule has 5 aromatic carbocycles. The van der Waals surface area contributed by atoms with E-state index in [0.717, 1.165) is 33.3 Å². The van der Waals surface area contributed by atoms with Crippen LogP contribution >= 0.6 is 0 Å². The zero-order valence-corrected chi connectivity index (χ0v) is 28.1. The molecular formula is C42H37N5O4. The zero-order valence-electron chi connectivity index (χ0n) is 28.1. The van der Waals surface area contributed by atoms with Crippen LogP contribution in [-0.2, 0) is 23.5 Å². The van der Waals surface area contributed by atoms with E-state index in [1.807, 2.05) is 141 Å². The maximum atomic E-state index is 14.2. The minimum absolute atomic E-state index is 0.0690. The van der Waals surface area contributed by atoms with Crippen molar-refractivity contribution in [1.29, 1.82) is 0 Å². The summed E-state index contributed by atoms with van der Waals surface area (Å²) in [5.41, 5.74) is 4.22. The second-order valence-electron chi connectivity index (χ2n) is 13.2. The summed E-state index contributed by atoms with van der Waals surface area (Å²) in [5.74, 6) is -1.25. The molecule has 0 radical (unpaired) electrons. The third-order valence-electron chi connectivity index (χ3n) is 10.1. The normalized spacial score (nSPS) is 17.9. The van der Waals surface area contributed by atoms with E-state index in [4.69, 9.17) is 0 Å². The van der Waals surface area contributed by atoms with Crippen molar-refractivity contribution < 1.29 is 19.8 Å². The molecule has 3 heterocycles. The van der Waals surface area contributed by atoms with Gasteiger partial charge in [0.05, 0.1) is 41.7 Å². The monoisotopic (exact) mass is 675 g/mol. The van der Waals surface area contributed by atoms with E-state index >= 15 is 0 Å². The number of aliphatic hydroxyl groups excluding tert-OH is 1. The number of rotatable bonds is 11. The van der Waals surface area contributed by atoms with Gasteiger partial charge in [0, 0.05) is 35.3 Å². The number of para-hydroxylation sites is 1. The van der Waals surface area contributed by atoms with Crippen LogP contribution in [0.2, 0.25) is 0 Å². The van der Waals surface area contributed by atoms with Crippen LogP contribution in [0.5, 0.6) is 0 Å². The Morgan fingerprint density at radius 3 is 2.43 bits per heavy atom. The van der Waals surface area contributed by atoms with E-state index in [-0.39, 0.29) is 25.0 Å². The van der Waals surface area contributed by atoms with Crippen molar-refractivity contribution in [2.24, 2.45) is 5.92 Å². The van der Waals surface area contributed by atoms with Gasteiger partial charge in [0.25, 0.3) is 11.8 Å². The Balaban J connectivity index is 0.982. The predicted molar refractivity (Wildman–Crippen MR) is 197 cm³/mol. The quantitative estimate of drug-likeness (QED) is 0.145. The molecule has 254 valence electrons. The Morgan fingerprint density at radius 2 is 1.61 bits per heavy atom. The van der Waals surface area contributed by atoms with Gasteiger partial charge in [-0.05, 0) is 53.3 Å². The summed E-state index contributed by atoms with van der Waals surface area (Å²) in [6, 6.07) is 36.5. The molecule has 0 fully saturated rings. The SMILES string of the molecule is C[C@H](/C=C/CCn1cc(C(CO)c2ccccc2)nn1)[C@@]1(O)C(=O)N(Cc2cccc(N3C(=O)c4cccc5cccc3c45)c2)c2ccccc21. The Bertz CT molecular complexity index is 2290. The maximum absolute atomic E-state index is 14.2. The lowest BCUT2D eigenvalue weighted by molar-refractivity contribution is -0.139. The summed E-state index contributed by atoms with van der Waals surface area (Å²) in [6.07, 6.45) is 6.30. The number of carbonyl (C=O) groups is 2. The van der Waals surface area contributed by atoms with Crippen molar-refractivity contribution in [1.82, 2.24) is 15.0 Å². The van der Waals surface area contributed by atoms with E-state index < -0.39 is 17.4 Å². The molecule has 9 heteroatoms. The van der Waals surface area contributed by atoms with Crippen LogP contribution in [0.15, 0.2) is 134 Å². The smallest absolute Gasteiger partial charge is 0.264 e. The molecule has 8 rings (SSSR count). The molecule has 3 atom stereocenters. The molecule has 2 amide bonds. The highest BCUT2D eigenvalue weighted by atomic mass is 16.3. The van der Waals surface area contributed by atoms with Crippen molar-refractivity contribution in [3.8, 4) is 0 Å². The van der Waals surface area contributed by atoms with Crippen LogP contribution < -0.4 is 9.80 Å². The van der Waals surface area contributed by atoms with Gasteiger partial charge in [0.15, 0.2) is 5.60 Å². The van der Waals surface area contributed by atoms with Crippen molar-refractivity contribution in [3.63, 3.8) is 0 Å². The number of hydrogen-bond acceptors (Lipinski definition) is 6. The summed E-state index contributed by atoms with van der Waals surface area (Å²) in [7, 11) is 0. The zero-order chi connectivity index (χ0) is 35.1. The van der Waals surface area contributed by atoms with Gasteiger partial charge in [0.1, 0.15) is 0 Å². The first-order chi connectivity index (χ1) is 24.9. The molecule has 2 N–H and O–H groups in total. The Hall–Kier alpha value is -5.90. The molecule has 2 aliphatic heterocycles. The fourth-order valence-corrected chi connectivity index (χ4v) is 7.49. The van der Waals surface area contributed by atoms with Gasteiger partial charge < -0.3 is 15.1 Å². The number of aromatic nitrogens is 3. The summed E-state index contributed by atoms with van der Waals surface area (Å²) in [6.45, 7) is 2.56. The largest absolute Gasteiger partial charge is 0.395 e. The summed E-state index contributed by atoms with van der Waals surface area (Å²) >= 11 is 0. The van der Waals surface area contributed by atoms with E-state index in [2.05, 4.69) is 10.3 Å². The van der Waals surface area contributed by atoms with Crippen LogP contribution in [-0.4, -0.2) is 43.6 Å². The number of amides is 2. The molecular weight excluding hydrogens is 638 g/mol. The van der Waals surface area contributed by atoms with Gasteiger partial charge in [0.2, 0.25) is 0 Å².